The van der Waals surface area contributed by atoms with E-state index >= 15 is 0 Å². The first-order chi connectivity index (χ1) is 7.04. The molecule has 0 fully saturated rings. The van der Waals surface area contributed by atoms with Gasteiger partial charge in [0.2, 0.25) is 0 Å². The molecular formula is C11H12BrFO2. The number of carbonyl (C=O) groups is 1. The zero-order valence-electron chi connectivity index (χ0n) is 8.59. The Kier molecular flexibility index (Phi) is 4.27. The molecule has 0 radical (unpaired) electrons. The first-order valence-corrected chi connectivity index (χ1v) is 5.43. The highest BCUT2D eigenvalue weighted by Crippen LogP contribution is 2.16. The van der Waals surface area contributed by atoms with Crippen LogP contribution in [0.1, 0.15) is 11.1 Å². The third-order valence-corrected chi connectivity index (χ3v) is 2.75. The van der Waals surface area contributed by atoms with Crippen LogP contribution in [0.25, 0.3) is 0 Å². The number of ether oxygens (including phenoxy) is 1. The van der Waals surface area contributed by atoms with Gasteiger partial charge in [-0.15, -0.1) is 0 Å². The number of hydrogen-bond acceptors (Lipinski definition) is 2. The minimum Gasteiger partial charge on any atom is -0.468 e. The van der Waals surface area contributed by atoms with Gasteiger partial charge in [0.25, 0.3) is 0 Å². The summed E-state index contributed by atoms with van der Waals surface area (Å²) in [5.74, 6) is -0.690. The van der Waals surface area contributed by atoms with Gasteiger partial charge >= 0.3 is 5.97 Å². The maximum atomic E-state index is 13.3. The summed E-state index contributed by atoms with van der Waals surface area (Å²) in [4.78, 5) is 10.6. The van der Waals surface area contributed by atoms with Crippen LogP contribution in [-0.2, 0) is 16.0 Å². The Bertz CT molecular complexity index is 366. The molecule has 15 heavy (non-hydrogen) atoms. The van der Waals surface area contributed by atoms with Crippen molar-refractivity contribution in [3.63, 3.8) is 0 Å². The van der Waals surface area contributed by atoms with Crippen LogP contribution in [0.15, 0.2) is 18.2 Å². The number of alkyl halides is 1. The predicted octanol–water partition coefficient (Wildman–Crippen LogP) is 2.61. The lowest BCUT2D eigenvalue weighted by atomic mass is 10.1. The maximum Gasteiger partial charge on any atom is 0.319 e. The molecule has 2 nitrogen and oxygen atoms in total. The van der Waals surface area contributed by atoms with Crippen LogP contribution in [0.3, 0.4) is 0 Å². The van der Waals surface area contributed by atoms with Crippen molar-refractivity contribution in [2.75, 3.05) is 7.11 Å². The van der Waals surface area contributed by atoms with Gasteiger partial charge in [0.15, 0.2) is 0 Å². The fourth-order valence-electron chi connectivity index (χ4n) is 1.26. The molecule has 0 saturated carbocycles. The van der Waals surface area contributed by atoms with E-state index in [1.165, 1.54) is 13.2 Å². The van der Waals surface area contributed by atoms with Gasteiger partial charge in [-0.05, 0) is 25.0 Å². The van der Waals surface area contributed by atoms with Gasteiger partial charge in [0.1, 0.15) is 10.6 Å². The molecule has 1 aromatic rings. The lowest BCUT2D eigenvalue weighted by molar-refractivity contribution is -0.139. The van der Waals surface area contributed by atoms with Gasteiger partial charge in [-0.25, -0.2) is 4.39 Å². The van der Waals surface area contributed by atoms with Crippen molar-refractivity contribution in [1.82, 2.24) is 0 Å². The summed E-state index contributed by atoms with van der Waals surface area (Å²) in [6, 6.07) is 4.83. The average Bonchev–Trinajstić information content (AvgIpc) is 2.22. The molecule has 1 atom stereocenters. The van der Waals surface area contributed by atoms with Crippen molar-refractivity contribution in [2.24, 2.45) is 0 Å². The summed E-state index contributed by atoms with van der Waals surface area (Å²) in [5, 5.41) is 0. The molecular weight excluding hydrogens is 263 g/mol. The Hall–Kier alpha value is -0.900. The van der Waals surface area contributed by atoms with Crippen LogP contribution in [0.5, 0.6) is 0 Å². The van der Waals surface area contributed by atoms with Crippen LogP contribution >= 0.6 is 15.9 Å². The smallest absolute Gasteiger partial charge is 0.319 e. The molecule has 1 aromatic carbocycles. The van der Waals surface area contributed by atoms with Crippen molar-refractivity contribution in [3.8, 4) is 0 Å². The SMILES string of the molecule is COC(=O)C(Br)Cc1cc(C)ccc1F. The molecule has 0 saturated heterocycles. The Morgan fingerprint density at radius 1 is 1.60 bits per heavy atom. The molecule has 82 valence electrons. The molecule has 0 bridgehead atoms. The van der Waals surface area contributed by atoms with E-state index in [-0.39, 0.29) is 5.82 Å². The van der Waals surface area contributed by atoms with Crippen molar-refractivity contribution in [3.05, 3.63) is 35.1 Å². The van der Waals surface area contributed by atoms with Crippen LogP contribution in [0.4, 0.5) is 4.39 Å². The monoisotopic (exact) mass is 274 g/mol. The zero-order valence-corrected chi connectivity index (χ0v) is 10.2. The number of hydrogen-bond donors (Lipinski definition) is 0. The number of rotatable bonds is 3. The molecule has 1 unspecified atom stereocenters. The lowest BCUT2D eigenvalue weighted by Crippen LogP contribution is -2.18. The summed E-state index contributed by atoms with van der Waals surface area (Å²) in [6.07, 6.45) is 0.292. The summed E-state index contributed by atoms with van der Waals surface area (Å²) in [7, 11) is 1.31. The average molecular weight is 275 g/mol. The molecule has 0 aliphatic heterocycles. The third kappa shape index (κ3) is 3.30. The molecule has 4 heteroatoms. The molecule has 0 N–H and O–H groups in total. The van der Waals surface area contributed by atoms with E-state index in [1.54, 1.807) is 12.1 Å². The normalized spacial score (nSPS) is 12.3. The van der Waals surface area contributed by atoms with Gasteiger partial charge in [-0.2, -0.15) is 0 Å². The van der Waals surface area contributed by atoms with Crippen LogP contribution in [0.2, 0.25) is 0 Å². The van der Waals surface area contributed by atoms with Crippen LogP contribution in [-0.4, -0.2) is 17.9 Å². The summed E-state index contributed by atoms with van der Waals surface area (Å²) >= 11 is 3.16. The minimum absolute atomic E-state index is 0.292. The molecule has 0 spiro atoms. The number of carbonyl (C=O) groups excluding carboxylic acids is 1. The predicted molar refractivity (Wildman–Crippen MR) is 59.6 cm³/mol. The van der Waals surface area contributed by atoms with Crippen molar-refractivity contribution in [2.45, 2.75) is 18.2 Å². The minimum atomic E-state index is -0.501. The highest BCUT2D eigenvalue weighted by Gasteiger charge is 2.17. The van der Waals surface area contributed by atoms with Gasteiger partial charge in [0, 0.05) is 0 Å². The second kappa shape index (κ2) is 5.26. The largest absolute Gasteiger partial charge is 0.468 e. The number of esters is 1. The van der Waals surface area contributed by atoms with Crippen LogP contribution in [0, 0.1) is 12.7 Å². The van der Waals surface area contributed by atoms with Gasteiger partial charge in [0.05, 0.1) is 7.11 Å². The number of methoxy groups -OCH3 is 1. The zero-order chi connectivity index (χ0) is 11.4. The van der Waals surface area contributed by atoms with E-state index < -0.39 is 10.8 Å². The fraction of sp³-hybridized carbons (Fsp3) is 0.364. The number of benzene rings is 1. The summed E-state index contributed by atoms with van der Waals surface area (Å²) in [6.45, 7) is 1.88. The van der Waals surface area contributed by atoms with Gasteiger partial charge in [-0.3, -0.25) is 4.79 Å². The van der Waals surface area contributed by atoms with E-state index in [9.17, 15) is 9.18 Å². The summed E-state index contributed by atoms with van der Waals surface area (Å²) < 4.78 is 17.9. The Labute approximate surface area is 96.6 Å². The first kappa shape index (κ1) is 12.2. The fourth-order valence-corrected chi connectivity index (χ4v) is 1.80. The second-order valence-electron chi connectivity index (χ2n) is 3.29. The Morgan fingerprint density at radius 2 is 2.27 bits per heavy atom. The van der Waals surface area contributed by atoms with Crippen molar-refractivity contribution < 1.29 is 13.9 Å². The van der Waals surface area contributed by atoms with E-state index in [1.807, 2.05) is 6.92 Å². The lowest BCUT2D eigenvalue weighted by Gasteiger charge is -2.08. The maximum absolute atomic E-state index is 13.3. The first-order valence-electron chi connectivity index (χ1n) is 4.51. The third-order valence-electron chi connectivity index (χ3n) is 2.06. The highest BCUT2D eigenvalue weighted by molar-refractivity contribution is 9.10. The second-order valence-corrected chi connectivity index (χ2v) is 4.40. The molecule has 0 aliphatic rings. The Morgan fingerprint density at radius 3 is 2.87 bits per heavy atom. The standard InChI is InChI=1S/C11H12BrFO2/c1-7-3-4-10(13)8(5-7)6-9(12)11(14)15-2/h3-5,9H,6H2,1-2H3. The molecule has 1 rings (SSSR count). The van der Waals surface area contributed by atoms with Crippen molar-refractivity contribution >= 4 is 21.9 Å². The van der Waals surface area contributed by atoms with Gasteiger partial charge < -0.3 is 4.74 Å². The molecule has 0 aliphatic carbocycles. The summed E-state index contributed by atoms with van der Waals surface area (Å²) in [5.41, 5.74) is 1.48. The molecule has 0 heterocycles. The van der Waals surface area contributed by atoms with E-state index in [4.69, 9.17) is 0 Å². The topological polar surface area (TPSA) is 26.3 Å². The highest BCUT2D eigenvalue weighted by atomic mass is 79.9. The molecule has 0 aromatic heterocycles. The van der Waals surface area contributed by atoms with Crippen molar-refractivity contribution in [1.29, 1.82) is 0 Å². The number of aryl methyl sites for hydroxylation is 1. The van der Waals surface area contributed by atoms with E-state index in [0.29, 0.717) is 12.0 Å². The van der Waals surface area contributed by atoms with E-state index in [0.717, 1.165) is 5.56 Å². The van der Waals surface area contributed by atoms with Gasteiger partial charge in [-0.1, -0.05) is 33.6 Å². The van der Waals surface area contributed by atoms with E-state index in [2.05, 4.69) is 20.7 Å². The van der Waals surface area contributed by atoms with Crippen LogP contribution < -0.4 is 0 Å². The Balaban J connectivity index is 2.80. The number of halogens is 2. The quantitative estimate of drug-likeness (QED) is 0.626. The molecule has 0 amide bonds.